The molecule has 0 aliphatic heterocycles. The highest BCUT2D eigenvalue weighted by molar-refractivity contribution is 5.70. The van der Waals surface area contributed by atoms with Crippen LogP contribution in [0.1, 0.15) is 213 Å². The number of allylic oxidation sites excluding steroid dienone is 14. The summed E-state index contributed by atoms with van der Waals surface area (Å²) >= 11 is 0. The maximum atomic E-state index is 12.7. The molecule has 0 bridgehead atoms. The van der Waals surface area contributed by atoms with Gasteiger partial charge in [-0.25, -0.2) is 0 Å². The molecule has 0 rings (SSSR count). The summed E-state index contributed by atoms with van der Waals surface area (Å²) < 4.78 is 17.3. The summed E-state index contributed by atoms with van der Waals surface area (Å²) in [6.45, 7) is 7.51. The van der Waals surface area contributed by atoms with Crippen LogP contribution in [0.5, 0.6) is 0 Å². The summed E-state index contributed by atoms with van der Waals surface area (Å²) in [6, 6.07) is 0. The lowest BCUT2D eigenvalue weighted by Gasteiger charge is -2.18. The van der Waals surface area contributed by atoms with Gasteiger partial charge in [0.2, 0.25) is 0 Å². The summed E-state index contributed by atoms with van der Waals surface area (Å²) in [4.78, 5) is 25.2. The molecule has 0 heterocycles. The first-order valence-corrected chi connectivity index (χ1v) is 24.1. The molecule has 332 valence electrons. The summed E-state index contributed by atoms with van der Waals surface area (Å²) in [6.07, 6.45) is 63.1. The van der Waals surface area contributed by atoms with Crippen LogP contribution < -0.4 is 0 Å². The lowest BCUT2D eigenvalue weighted by atomic mass is 10.1. The standard InChI is InChI=1S/C53H90O5/c1-4-7-10-13-16-19-22-23-24-25-26-27-28-29-30-33-36-39-42-45-48-56-49-51(58-53(55)47-44-41-38-35-32-21-18-15-12-9-6-3)50-57-52(54)46-43-40-37-34-31-20-17-14-11-8-5-2/h7,10,14,16-17,19,23-24,26-27,29-30,36,39,51H,4-6,8-9,11-13,15,18,20-22,25,28,31-35,37-38,40-50H2,1-3H3/b10-7-,17-14-,19-16-,24-23-,27-26-,30-29-,39-36-. The Balaban J connectivity index is 4.35. The lowest BCUT2D eigenvalue weighted by molar-refractivity contribution is -0.163. The molecule has 0 amide bonds. The van der Waals surface area contributed by atoms with Gasteiger partial charge < -0.3 is 14.2 Å². The van der Waals surface area contributed by atoms with E-state index < -0.39 is 6.10 Å². The van der Waals surface area contributed by atoms with Crippen molar-refractivity contribution in [3.8, 4) is 0 Å². The van der Waals surface area contributed by atoms with Crippen molar-refractivity contribution in [2.45, 2.75) is 219 Å². The van der Waals surface area contributed by atoms with E-state index >= 15 is 0 Å². The van der Waals surface area contributed by atoms with Gasteiger partial charge in [-0.2, -0.15) is 0 Å². The number of hydrogen-bond acceptors (Lipinski definition) is 5. The predicted molar refractivity (Wildman–Crippen MR) is 251 cm³/mol. The number of unbranched alkanes of at least 4 members (excludes halogenated alkanes) is 18. The molecule has 0 saturated carbocycles. The van der Waals surface area contributed by atoms with Gasteiger partial charge in [-0.05, 0) is 83.5 Å². The Morgan fingerprint density at radius 3 is 1.31 bits per heavy atom. The molecule has 0 fully saturated rings. The van der Waals surface area contributed by atoms with E-state index in [1.54, 1.807) is 0 Å². The van der Waals surface area contributed by atoms with Gasteiger partial charge in [0.15, 0.2) is 6.10 Å². The van der Waals surface area contributed by atoms with E-state index in [0.717, 1.165) is 89.9 Å². The van der Waals surface area contributed by atoms with Crippen molar-refractivity contribution in [3.63, 3.8) is 0 Å². The zero-order valence-electron chi connectivity index (χ0n) is 38.0. The van der Waals surface area contributed by atoms with Crippen LogP contribution in [0.15, 0.2) is 85.1 Å². The molecule has 0 aliphatic rings. The minimum absolute atomic E-state index is 0.0559. The Hall–Kier alpha value is -2.92. The van der Waals surface area contributed by atoms with Gasteiger partial charge in [-0.15, -0.1) is 0 Å². The highest BCUT2D eigenvalue weighted by Gasteiger charge is 2.17. The Bertz CT molecular complexity index is 1090. The quantitative estimate of drug-likeness (QED) is 0.0349. The highest BCUT2D eigenvalue weighted by Crippen LogP contribution is 2.13. The lowest BCUT2D eigenvalue weighted by Crippen LogP contribution is -2.30. The van der Waals surface area contributed by atoms with Crippen LogP contribution in [0, 0.1) is 0 Å². The first-order chi connectivity index (χ1) is 28.6. The second-order valence-electron chi connectivity index (χ2n) is 15.6. The van der Waals surface area contributed by atoms with E-state index in [-0.39, 0.29) is 25.2 Å². The van der Waals surface area contributed by atoms with Gasteiger partial charge in [0, 0.05) is 19.4 Å². The van der Waals surface area contributed by atoms with Crippen LogP contribution in [-0.2, 0) is 23.8 Å². The Kier molecular flexibility index (Phi) is 46.0. The van der Waals surface area contributed by atoms with E-state index in [0.29, 0.717) is 19.4 Å². The van der Waals surface area contributed by atoms with Gasteiger partial charge in [-0.1, -0.05) is 202 Å². The van der Waals surface area contributed by atoms with Crippen molar-refractivity contribution in [2.75, 3.05) is 19.8 Å². The monoisotopic (exact) mass is 807 g/mol. The third-order valence-electron chi connectivity index (χ3n) is 9.92. The fraction of sp³-hybridized carbons (Fsp3) is 0.698. The number of ether oxygens (including phenoxy) is 3. The molecule has 0 spiro atoms. The SMILES string of the molecule is CC/C=C\C/C=C\C/C=C\C/C=C\C/C=C\C/C=C\CCCOCC(COC(=O)CCCCCCC/C=C\CCCC)OC(=O)CCCCCCCCCCCCC. The van der Waals surface area contributed by atoms with E-state index in [9.17, 15) is 9.59 Å². The van der Waals surface area contributed by atoms with Crippen LogP contribution in [0.2, 0.25) is 0 Å². The van der Waals surface area contributed by atoms with Crippen molar-refractivity contribution in [1.82, 2.24) is 0 Å². The molecule has 0 aliphatic carbocycles. The molecule has 0 aromatic heterocycles. The third-order valence-corrected chi connectivity index (χ3v) is 9.92. The van der Waals surface area contributed by atoms with Crippen LogP contribution in [0.3, 0.4) is 0 Å². The molecule has 0 aromatic carbocycles. The fourth-order valence-corrected chi connectivity index (χ4v) is 6.33. The molecule has 58 heavy (non-hydrogen) atoms. The van der Waals surface area contributed by atoms with E-state index in [4.69, 9.17) is 14.2 Å². The molecule has 0 radical (unpaired) electrons. The van der Waals surface area contributed by atoms with E-state index in [1.807, 2.05) is 0 Å². The van der Waals surface area contributed by atoms with E-state index in [2.05, 4.69) is 106 Å². The number of esters is 2. The zero-order valence-corrected chi connectivity index (χ0v) is 38.0. The van der Waals surface area contributed by atoms with Crippen molar-refractivity contribution >= 4 is 11.9 Å². The minimum Gasteiger partial charge on any atom is -0.462 e. The van der Waals surface area contributed by atoms with Crippen LogP contribution in [-0.4, -0.2) is 37.9 Å². The summed E-state index contributed by atoms with van der Waals surface area (Å²) in [7, 11) is 0. The highest BCUT2D eigenvalue weighted by atomic mass is 16.6. The van der Waals surface area contributed by atoms with Crippen molar-refractivity contribution in [3.05, 3.63) is 85.1 Å². The molecule has 0 saturated heterocycles. The van der Waals surface area contributed by atoms with Crippen molar-refractivity contribution in [2.24, 2.45) is 0 Å². The third kappa shape index (κ3) is 45.8. The first-order valence-electron chi connectivity index (χ1n) is 24.1. The molecule has 1 atom stereocenters. The van der Waals surface area contributed by atoms with Crippen molar-refractivity contribution < 1.29 is 23.8 Å². The minimum atomic E-state index is -0.569. The average molecular weight is 807 g/mol. The molecule has 1 unspecified atom stereocenters. The zero-order chi connectivity index (χ0) is 42.1. The summed E-state index contributed by atoms with van der Waals surface area (Å²) in [5, 5.41) is 0. The molecule has 5 nitrogen and oxygen atoms in total. The Labute approximate surface area is 359 Å². The average Bonchev–Trinajstić information content (AvgIpc) is 3.22. The molecular formula is C53H90O5. The van der Waals surface area contributed by atoms with E-state index in [1.165, 1.54) is 89.9 Å². The first kappa shape index (κ1) is 55.1. The fourth-order valence-electron chi connectivity index (χ4n) is 6.33. The smallest absolute Gasteiger partial charge is 0.306 e. The predicted octanol–water partition coefficient (Wildman–Crippen LogP) is 16.1. The number of hydrogen-bond donors (Lipinski definition) is 0. The summed E-state index contributed by atoms with van der Waals surface area (Å²) in [5.41, 5.74) is 0. The van der Waals surface area contributed by atoms with Gasteiger partial charge in [0.1, 0.15) is 6.61 Å². The van der Waals surface area contributed by atoms with Crippen LogP contribution >= 0.6 is 0 Å². The molecule has 0 aromatic rings. The maximum Gasteiger partial charge on any atom is 0.306 e. The Morgan fingerprint density at radius 1 is 0.397 bits per heavy atom. The normalized spacial score (nSPS) is 12.9. The van der Waals surface area contributed by atoms with Gasteiger partial charge in [-0.3, -0.25) is 9.59 Å². The topological polar surface area (TPSA) is 61.8 Å². The summed E-state index contributed by atoms with van der Waals surface area (Å²) in [5.74, 6) is -0.443. The molecular weight excluding hydrogens is 717 g/mol. The largest absolute Gasteiger partial charge is 0.462 e. The second kappa shape index (κ2) is 48.4. The molecule has 0 N–H and O–H groups in total. The van der Waals surface area contributed by atoms with Gasteiger partial charge >= 0.3 is 11.9 Å². The second-order valence-corrected chi connectivity index (χ2v) is 15.6. The number of carbonyl (C=O) groups excluding carboxylic acids is 2. The molecule has 5 heteroatoms. The van der Waals surface area contributed by atoms with Crippen LogP contribution in [0.4, 0.5) is 0 Å². The maximum absolute atomic E-state index is 12.7. The number of carbonyl (C=O) groups is 2. The number of rotatable bonds is 43. The Morgan fingerprint density at radius 2 is 0.793 bits per heavy atom. The van der Waals surface area contributed by atoms with Crippen molar-refractivity contribution in [1.29, 1.82) is 0 Å². The van der Waals surface area contributed by atoms with Crippen LogP contribution in [0.25, 0.3) is 0 Å². The van der Waals surface area contributed by atoms with Gasteiger partial charge in [0.05, 0.1) is 6.61 Å². The van der Waals surface area contributed by atoms with Gasteiger partial charge in [0.25, 0.3) is 0 Å².